The molecule has 1 aromatic heterocycles. The highest BCUT2D eigenvalue weighted by atomic mass is 16.5. The van der Waals surface area contributed by atoms with Gasteiger partial charge in [0.2, 0.25) is 5.88 Å². The zero-order chi connectivity index (χ0) is 14.3. The van der Waals surface area contributed by atoms with Crippen LogP contribution >= 0.6 is 0 Å². The summed E-state index contributed by atoms with van der Waals surface area (Å²) >= 11 is 0. The second-order valence-electron chi connectivity index (χ2n) is 4.79. The lowest BCUT2D eigenvalue weighted by atomic mass is 10.2. The van der Waals surface area contributed by atoms with E-state index in [1.807, 2.05) is 37.3 Å². The number of nitrogens with zero attached hydrogens (tertiary/aromatic N) is 3. The summed E-state index contributed by atoms with van der Waals surface area (Å²) in [6, 6.07) is 3.84. The Hall–Kier alpha value is -1.58. The van der Waals surface area contributed by atoms with E-state index in [1.54, 1.807) is 0 Å². The minimum Gasteiger partial charge on any atom is -0.475 e. The van der Waals surface area contributed by atoms with Gasteiger partial charge in [-0.15, -0.1) is 0 Å². The zero-order valence-electron chi connectivity index (χ0n) is 12.7. The highest BCUT2D eigenvalue weighted by Crippen LogP contribution is 2.21. The predicted octanol–water partition coefficient (Wildman–Crippen LogP) is 3.57. The Bertz CT molecular complexity index is 418. The molecule has 4 heteroatoms. The molecule has 0 aliphatic rings. The summed E-state index contributed by atoms with van der Waals surface area (Å²) in [6.45, 7) is 9.20. The molecule has 0 aromatic carbocycles. The first kappa shape index (κ1) is 15.5. The minimum absolute atomic E-state index is 0.206. The second-order valence-corrected chi connectivity index (χ2v) is 4.79. The summed E-state index contributed by atoms with van der Waals surface area (Å²) in [7, 11) is 2.00. The van der Waals surface area contributed by atoms with Crippen molar-refractivity contribution in [3.05, 3.63) is 17.8 Å². The number of aromatic nitrogens is 1. The van der Waals surface area contributed by atoms with Gasteiger partial charge in [-0.05, 0) is 33.3 Å². The Balaban J connectivity index is 2.71. The molecule has 1 rings (SSSR count). The highest BCUT2D eigenvalue weighted by Gasteiger charge is 2.06. The predicted molar refractivity (Wildman–Crippen MR) is 80.4 cm³/mol. The third-order valence-electron chi connectivity index (χ3n) is 2.94. The largest absolute Gasteiger partial charge is 0.475 e. The first-order chi connectivity index (χ1) is 9.06. The zero-order valence-corrected chi connectivity index (χ0v) is 12.7. The van der Waals surface area contributed by atoms with Crippen molar-refractivity contribution in [2.45, 2.75) is 46.6 Å². The van der Waals surface area contributed by atoms with E-state index in [-0.39, 0.29) is 6.10 Å². The average Bonchev–Trinajstić information content (AvgIpc) is 2.37. The second kappa shape index (κ2) is 7.77. The van der Waals surface area contributed by atoms with Gasteiger partial charge in [0.05, 0.1) is 23.8 Å². The van der Waals surface area contributed by atoms with Crippen LogP contribution in [-0.2, 0) is 0 Å². The van der Waals surface area contributed by atoms with Crippen molar-refractivity contribution >= 4 is 12.0 Å². The van der Waals surface area contributed by atoms with Crippen LogP contribution < -0.4 is 4.74 Å². The van der Waals surface area contributed by atoms with Crippen molar-refractivity contribution in [2.24, 2.45) is 4.99 Å². The molecule has 19 heavy (non-hydrogen) atoms. The Morgan fingerprint density at radius 3 is 2.74 bits per heavy atom. The van der Waals surface area contributed by atoms with Crippen LogP contribution in [0.1, 0.15) is 39.3 Å². The van der Waals surface area contributed by atoms with Crippen LogP contribution in [0.2, 0.25) is 0 Å². The lowest BCUT2D eigenvalue weighted by molar-refractivity contribution is 0.201. The van der Waals surface area contributed by atoms with Gasteiger partial charge in [-0.25, -0.2) is 9.98 Å². The van der Waals surface area contributed by atoms with E-state index in [1.165, 1.54) is 0 Å². The number of hydrogen-bond acceptors (Lipinski definition) is 3. The Morgan fingerprint density at radius 2 is 2.16 bits per heavy atom. The van der Waals surface area contributed by atoms with Crippen molar-refractivity contribution in [3.8, 4) is 5.88 Å². The number of hydrogen-bond donors (Lipinski definition) is 0. The SMILES string of the molecule is CCCC(C)Oc1ccc(N=CN(C)CC)c(C)n1. The van der Waals surface area contributed by atoms with E-state index >= 15 is 0 Å². The van der Waals surface area contributed by atoms with E-state index < -0.39 is 0 Å². The van der Waals surface area contributed by atoms with Gasteiger partial charge in [-0.2, -0.15) is 0 Å². The molecule has 0 saturated heterocycles. The summed E-state index contributed by atoms with van der Waals surface area (Å²) in [5.41, 5.74) is 1.78. The molecule has 4 nitrogen and oxygen atoms in total. The van der Waals surface area contributed by atoms with Gasteiger partial charge in [0.15, 0.2) is 0 Å². The topological polar surface area (TPSA) is 37.7 Å². The summed E-state index contributed by atoms with van der Waals surface area (Å²) in [6.07, 6.45) is 4.19. The van der Waals surface area contributed by atoms with Gasteiger partial charge < -0.3 is 9.64 Å². The van der Waals surface area contributed by atoms with Crippen molar-refractivity contribution in [1.82, 2.24) is 9.88 Å². The number of rotatable bonds is 7. The molecule has 0 N–H and O–H groups in total. The molecule has 1 heterocycles. The summed E-state index contributed by atoms with van der Waals surface area (Å²) < 4.78 is 5.76. The molecule has 0 saturated carbocycles. The smallest absolute Gasteiger partial charge is 0.213 e. The molecular formula is C15H25N3O. The van der Waals surface area contributed by atoms with Crippen LogP contribution in [0.15, 0.2) is 17.1 Å². The quantitative estimate of drug-likeness (QED) is 0.557. The molecule has 0 spiro atoms. The maximum Gasteiger partial charge on any atom is 0.213 e. The van der Waals surface area contributed by atoms with Crippen molar-refractivity contribution in [2.75, 3.05) is 13.6 Å². The normalized spacial score (nSPS) is 12.7. The van der Waals surface area contributed by atoms with E-state index in [2.05, 4.69) is 30.7 Å². The Morgan fingerprint density at radius 1 is 1.42 bits per heavy atom. The standard InChI is InChI=1S/C15H25N3O/c1-6-8-12(3)19-15-10-9-14(13(4)17-15)16-11-18(5)7-2/h9-12H,6-8H2,1-5H3. The maximum absolute atomic E-state index is 5.76. The number of aliphatic imine (C=N–C) groups is 1. The van der Waals surface area contributed by atoms with E-state index in [0.29, 0.717) is 5.88 Å². The fourth-order valence-electron chi connectivity index (χ4n) is 1.65. The Labute approximate surface area is 116 Å². The third-order valence-corrected chi connectivity index (χ3v) is 2.94. The summed E-state index contributed by atoms with van der Waals surface area (Å²) in [4.78, 5) is 10.9. The molecule has 0 fully saturated rings. The van der Waals surface area contributed by atoms with E-state index in [0.717, 1.165) is 30.8 Å². The third kappa shape index (κ3) is 5.28. The van der Waals surface area contributed by atoms with Crippen LogP contribution in [0.3, 0.4) is 0 Å². The van der Waals surface area contributed by atoms with Crippen molar-refractivity contribution in [1.29, 1.82) is 0 Å². The van der Waals surface area contributed by atoms with Crippen molar-refractivity contribution < 1.29 is 4.74 Å². The monoisotopic (exact) mass is 263 g/mol. The number of aryl methyl sites for hydroxylation is 1. The molecule has 0 amide bonds. The molecule has 0 bridgehead atoms. The van der Waals surface area contributed by atoms with E-state index in [4.69, 9.17) is 4.74 Å². The summed E-state index contributed by atoms with van der Waals surface area (Å²) in [5.74, 6) is 0.682. The molecule has 0 radical (unpaired) electrons. The number of ether oxygens (including phenoxy) is 1. The van der Waals surface area contributed by atoms with Gasteiger partial charge in [0.25, 0.3) is 0 Å². The first-order valence-electron chi connectivity index (χ1n) is 6.95. The molecule has 1 atom stereocenters. The van der Waals surface area contributed by atoms with Crippen LogP contribution in [0, 0.1) is 6.92 Å². The maximum atomic E-state index is 5.76. The van der Waals surface area contributed by atoms with Gasteiger partial charge in [0, 0.05) is 19.7 Å². The molecule has 1 aromatic rings. The van der Waals surface area contributed by atoms with Crippen LogP contribution in [0.5, 0.6) is 5.88 Å². The molecule has 0 aliphatic heterocycles. The minimum atomic E-state index is 0.206. The van der Waals surface area contributed by atoms with Gasteiger partial charge in [-0.1, -0.05) is 13.3 Å². The fraction of sp³-hybridized carbons (Fsp3) is 0.600. The number of pyridine rings is 1. The summed E-state index contributed by atoms with van der Waals surface area (Å²) in [5, 5.41) is 0. The molecule has 0 aliphatic carbocycles. The van der Waals surface area contributed by atoms with E-state index in [9.17, 15) is 0 Å². The van der Waals surface area contributed by atoms with Crippen molar-refractivity contribution in [3.63, 3.8) is 0 Å². The fourth-order valence-corrected chi connectivity index (χ4v) is 1.65. The molecular weight excluding hydrogens is 238 g/mol. The van der Waals surface area contributed by atoms with Crippen LogP contribution in [-0.4, -0.2) is 35.9 Å². The molecule has 1 unspecified atom stereocenters. The van der Waals surface area contributed by atoms with Gasteiger partial charge >= 0.3 is 0 Å². The molecule has 106 valence electrons. The lowest BCUT2D eigenvalue weighted by Gasteiger charge is -2.13. The first-order valence-corrected chi connectivity index (χ1v) is 6.95. The van der Waals surface area contributed by atoms with Crippen LogP contribution in [0.25, 0.3) is 0 Å². The highest BCUT2D eigenvalue weighted by molar-refractivity contribution is 5.62. The van der Waals surface area contributed by atoms with Crippen LogP contribution in [0.4, 0.5) is 5.69 Å². The Kier molecular flexibility index (Phi) is 6.33. The van der Waals surface area contributed by atoms with Gasteiger partial charge in [-0.3, -0.25) is 0 Å². The average molecular weight is 263 g/mol. The van der Waals surface area contributed by atoms with Gasteiger partial charge in [0.1, 0.15) is 0 Å². The lowest BCUT2D eigenvalue weighted by Crippen LogP contribution is -2.14.